The molecule has 1 spiro atoms. The van der Waals surface area contributed by atoms with Gasteiger partial charge in [0.25, 0.3) is 0 Å². The van der Waals surface area contributed by atoms with Crippen molar-refractivity contribution in [3.63, 3.8) is 0 Å². The van der Waals surface area contributed by atoms with E-state index in [-0.39, 0.29) is 0 Å². The van der Waals surface area contributed by atoms with E-state index in [1.807, 2.05) is 6.07 Å². The van der Waals surface area contributed by atoms with Crippen molar-refractivity contribution in [2.24, 2.45) is 11.1 Å². The van der Waals surface area contributed by atoms with Gasteiger partial charge in [-0.2, -0.15) is 0 Å². The van der Waals surface area contributed by atoms with Gasteiger partial charge in [0.2, 0.25) is 0 Å². The Morgan fingerprint density at radius 1 is 1.31 bits per heavy atom. The van der Waals surface area contributed by atoms with E-state index in [1.54, 1.807) is 19.3 Å². The maximum Gasteiger partial charge on any atom is 0.165 e. The number of nitrogens with zero attached hydrogens (tertiary/aromatic N) is 4. The largest absolute Gasteiger partial charge is 0.404 e. The van der Waals surface area contributed by atoms with Gasteiger partial charge in [0.1, 0.15) is 5.82 Å². The molecule has 2 aliphatic heterocycles. The molecule has 0 amide bonds. The van der Waals surface area contributed by atoms with Gasteiger partial charge in [-0.3, -0.25) is 4.98 Å². The standard InChI is InChI=1S/C19H25N7/c1-13(21)15(10-20)17-24-16-11-22-6-2-14(16)18(25-17)26-8-4-19(5-9-26)3-7-23-12-19/h2,6,10-11,21,23H,3-5,7-9,12,20H2,1H3/b15-10+,21-13?. The normalized spacial score (nSPS) is 20.0. The fourth-order valence-corrected chi connectivity index (χ4v) is 4.11. The van der Waals surface area contributed by atoms with Crippen LogP contribution in [0, 0.1) is 10.8 Å². The van der Waals surface area contributed by atoms with Crippen LogP contribution in [0.2, 0.25) is 0 Å². The van der Waals surface area contributed by atoms with Crippen LogP contribution in [0.25, 0.3) is 16.5 Å². The summed E-state index contributed by atoms with van der Waals surface area (Å²) in [4.78, 5) is 16.0. The lowest BCUT2D eigenvalue weighted by Gasteiger charge is -2.39. The summed E-state index contributed by atoms with van der Waals surface area (Å²) in [5.74, 6) is 1.42. The van der Waals surface area contributed by atoms with Crippen LogP contribution in [0.5, 0.6) is 0 Å². The van der Waals surface area contributed by atoms with Crippen molar-refractivity contribution in [1.82, 2.24) is 20.3 Å². The Kier molecular flexibility index (Phi) is 4.32. The molecular formula is C19H25N7. The Labute approximate surface area is 153 Å². The van der Waals surface area contributed by atoms with E-state index in [0.29, 0.717) is 22.5 Å². The fourth-order valence-electron chi connectivity index (χ4n) is 4.11. The number of hydrogen-bond donors (Lipinski definition) is 3. The molecule has 4 heterocycles. The zero-order valence-electron chi connectivity index (χ0n) is 15.1. The molecule has 26 heavy (non-hydrogen) atoms. The molecule has 0 radical (unpaired) electrons. The number of pyridine rings is 1. The molecule has 0 saturated carbocycles. The van der Waals surface area contributed by atoms with Crippen LogP contribution in [0.15, 0.2) is 24.7 Å². The number of nitrogens with two attached hydrogens (primary N) is 1. The van der Waals surface area contributed by atoms with E-state index >= 15 is 0 Å². The van der Waals surface area contributed by atoms with E-state index in [9.17, 15) is 0 Å². The molecule has 0 aromatic carbocycles. The van der Waals surface area contributed by atoms with E-state index in [1.165, 1.54) is 25.5 Å². The topological polar surface area (TPSA) is 104 Å². The molecule has 0 aliphatic carbocycles. The van der Waals surface area contributed by atoms with Crippen molar-refractivity contribution in [3.8, 4) is 0 Å². The van der Waals surface area contributed by atoms with Crippen molar-refractivity contribution in [3.05, 3.63) is 30.5 Å². The molecule has 0 unspecified atom stereocenters. The third-order valence-corrected chi connectivity index (χ3v) is 5.75. The highest BCUT2D eigenvalue weighted by Crippen LogP contribution is 2.39. The van der Waals surface area contributed by atoms with Crippen LogP contribution in [0.3, 0.4) is 0 Å². The number of hydrogen-bond acceptors (Lipinski definition) is 7. The highest BCUT2D eigenvalue weighted by molar-refractivity contribution is 6.20. The summed E-state index contributed by atoms with van der Waals surface area (Å²) >= 11 is 0. The third kappa shape index (κ3) is 2.92. The number of allylic oxidation sites excluding steroid dienone is 1. The fraction of sp³-hybridized carbons (Fsp3) is 0.474. The van der Waals surface area contributed by atoms with Gasteiger partial charge in [0.05, 0.1) is 17.3 Å². The first-order chi connectivity index (χ1) is 12.6. The molecule has 4 N–H and O–H groups in total. The predicted octanol–water partition coefficient (Wildman–Crippen LogP) is 1.94. The summed E-state index contributed by atoms with van der Waals surface area (Å²) in [6.07, 6.45) is 8.57. The van der Waals surface area contributed by atoms with E-state index < -0.39 is 0 Å². The zero-order chi connectivity index (χ0) is 18.1. The number of aromatic nitrogens is 3. The number of piperidine rings is 1. The zero-order valence-corrected chi connectivity index (χ0v) is 15.1. The number of nitrogens with one attached hydrogen (secondary N) is 2. The molecule has 4 rings (SSSR count). The lowest BCUT2D eigenvalue weighted by Crippen LogP contribution is -2.41. The summed E-state index contributed by atoms with van der Waals surface area (Å²) in [6, 6.07) is 1.97. The molecule has 0 bridgehead atoms. The van der Waals surface area contributed by atoms with Crippen molar-refractivity contribution >= 4 is 28.0 Å². The van der Waals surface area contributed by atoms with Crippen molar-refractivity contribution < 1.29 is 0 Å². The first kappa shape index (κ1) is 16.9. The molecule has 2 aromatic rings. The molecule has 7 nitrogen and oxygen atoms in total. The van der Waals surface area contributed by atoms with Gasteiger partial charge in [-0.15, -0.1) is 0 Å². The van der Waals surface area contributed by atoms with Gasteiger partial charge in [-0.05, 0) is 44.2 Å². The van der Waals surface area contributed by atoms with E-state index in [2.05, 4.69) is 20.2 Å². The Bertz CT molecular complexity index is 857. The average molecular weight is 351 g/mol. The van der Waals surface area contributed by atoms with Crippen LogP contribution in [-0.4, -0.2) is 46.8 Å². The molecule has 2 aliphatic rings. The van der Waals surface area contributed by atoms with Crippen molar-refractivity contribution in [2.45, 2.75) is 26.2 Å². The summed E-state index contributed by atoms with van der Waals surface area (Å²) < 4.78 is 0. The number of fused-ring (bicyclic) bond motifs is 1. The Balaban J connectivity index is 1.73. The summed E-state index contributed by atoms with van der Waals surface area (Å²) in [7, 11) is 0. The van der Waals surface area contributed by atoms with Crippen LogP contribution in [0.4, 0.5) is 5.82 Å². The van der Waals surface area contributed by atoms with Gasteiger partial charge >= 0.3 is 0 Å². The second kappa shape index (κ2) is 6.64. The Morgan fingerprint density at radius 2 is 2.12 bits per heavy atom. The van der Waals surface area contributed by atoms with Gasteiger partial charge in [-0.1, -0.05) is 0 Å². The Morgan fingerprint density at radius 3 is 2.77 bits per heavy atom. The average Bonchev–Trinajstić information content (AvgIpc) is 3.10. The monoisotopic (exact) mass is 351 g/mol. The summed E-state index contributed by atoms with van der Waals surface area (Å²) in [6.45, 7) is 5.94. The second-order valence-electron chi connectivity index (χ2n) is 7.38. The molecule has 2 saturated heterocycles. The van der Waals surface area contributed by atoms with Crippen LogP contribution in [-0.2, 0) is 0 Å². The van der Waals surface area contributed by atoms with Gasteiger partial charge < -0.3 is 21.4 Å². The first-order valence-electron chi connectivity index (χ1n) is 9.17. The molecular weight excluding hydrogens is 326 g/mol. The van der Waals surface area contributed by atoms with E-state index in [4.69, 9.17) is 16.1 Å². The maximum absolute atomic E-state index is 7.96. The van der Waals surface area contributed by atoms with Crippen molar-refractivity contribution in [2.75, 3.05) is 31.1 Å². The first-order valence-corrected chi connectivity index (χ1v) is 9.17. The van der Waals surface area contributed by atoms with Crippen LogP contribution in [0.1, 0.15) is 32.0 Å². The second-order valence-corrected chi connectivity index (χ2v) is 7.38. The minimum Gasteiger partial charge on any atom is -0.404 e. The molecule has 2 aromatic heterocycles. The third-order valence-electron chi connectivity index (χ3n) is 5.75. The smallest absolute Gasteiger partial charge is 0.165 e. The molecule has 0 atom stereocenters. The van der Waals surface area contributed by atoms with Crippen molar-refractivity contribution in [1.29, 1.82) is 5.41 Å². The predicted molar refractivity (Wildman–Crippen MR) is 104 cm³/mol. The number of rotatable bonds is 3. The highest BCUT2D eigenvalue weighted by atomic mass is 15.2. The molecule has 136 valence electrons. The summed E-state index contributed by atoms with van der Waals surface area (Å²) in [5, 5.41) is 12.5. The van der Waals surface area contributed by atoms with Gasteiger partial charge in [0, 0.05) is 43.1 Å². The summed E-state index contributed by atoms with van der Waals surface area (Å²) in [5.41, 5.74) is 7.90. The highest BCUT2D eigenvalue weighted by Gasteiger charge is 2.37. The lowest BCUT2D eigenvalue weighted by atomic mass is 9.78. The molecule has 7 heteroatoms. The van der Waals surface area contributed by atoms with Gasteiger partial charge in [0.15, 0.2) is 5.82 Å². The minimum atomic E-state index is 0.358. The SMILES string of the molecule is CC(=N)/C(=C\N)c1nc(N2CCC3(CCNC3)CC2)c2ccncc2n1. The van der Waals surface area contributed by atoms with E-state index in [0.717, 1.165) is 42.9 Å². The van der Waals surface area contributed by atoms with Crippen LogP contribution < -0.4 is 16.0 Å². The lowest BCUT2D eigenvalue weighted by molar-refractivity contribution is 0.247. The van der Waals surface area contributed by atoms with Crippen LogP contribution >= 0.6 is 0 Å². The quantitative estimate of drug-likeness (QED) is 0.730. The Hall–Kier alpha value is -2.54. The maximum atomic E-state index is 7.96. The minimum absolute atomic E-state index is 0.358. The number of anilines is 1. The van der Waals surface area contributed by atoms with Gasteiger partial charge in [-0.25, -0.2) is 9.97 Å². The molecule has 2 fully saturated rings.